The molecule has 0 saturated carbocycles. The van der Waals surface area contributed by atoms with Crippen LogP contribution in [0.15, 0.2) is 60.7 Å². The standard InChI is InChI=1S/C18H15ClN2O/c1-12-11-16(19)21-18(17(12)20)13-7-9-15(10-8-13)22-14-5-3-2-4-6-14/h2-11H,20H2,1H3. The zero-order chi connectivity index (χ0) is 15.5. The number of hydrogen-bond acceptors (Lipinski definition) is 3. The van der Waals surface area contributed by atoms with Crippen molar-refractivity contribution in [3.8, 4) is 22.8 Å². The number of halogens is 1. The van der Waals surface area contributed by atoms with Crippen LogP contribution in [0.25, 0.3) is 11.3 Å². The number of nitrogens with two attached hydrogens (primary N) is 1. The Bertz CT molecular complexity index is 786. The molecule has 2 N–H and O–H groups in total. The third kappa shape index (κ3) is 3.05. The van der Waals surface area contributed by atoms with E-state index < -0.39 is 0 Å². The predicted octanol–water partition coefficient (Wildman–Crippen LogP) is 5.08. The number of para-hydroxylation sites is 1. The van der Waals surface area contributed by atoms with Gasteiger partial charge in [0.05, 0.1) is 11.4 Å². The van der Waals surface area contributed by atoms with Crippen LogP contribution in [-0.4, -0.2) is 4.98 Å². The second kappa shape index (κ2) is 6.08. The van der Waals surface area contributed by atoms with E-state index in [-0.39, 0.29) is 0 Å². The first-order valence-corrected chi connectivity index (χ1v) is 7.27. The molecule has 3 rings (SSSR count). The summed E-state index contributed by atoms with van der Waals surface area (Å²) in [6, 6.07) is 19.0. The number of pyridine rings is 1. The van der Waals surface area contributed by atoms with Gasteiger partial charge in [-0.05, 0) is 55.0 Å². The van der Waals surface area contributed by atoms with Gasteiger partial charge in [0.1, 0.15) is 16.7 Å². The van der Waals surface area contributed by atoms with Crippen LogP contribution in [0.3, 0.4) is 0 Å². The Morgan fingerprint density at radius 2 is 1.59 bits per heavy atom. The molecule has 0 radical (unpaired) electrons. The fourth-order valence-corrected chi connectivity index (χ4v) is 2.42. The Kier molecular flexibility index (Phi) is 3.98. The number of benzene rings is 2. The van der Waals surface area contributed by atoms with Gasteiger partial charge in [0.15, 0.2) is 0 Å². The molecule has 0 aliphatic rings. The number of anilines is 1. The molecule has 0 spiro atoms. The van der Waals surface area contributed by atoms with Crippen LogP contribution >= 0.6 is 11.6 Å². The largest absolute Gasteiger partial charge is 0.457 e. The van der Waals surface area contributed by atoms with E-state index in [4.69, 9.17) is 22.1 Å². The fraction of sp³-hybridized carbons (Fsp3) is 0.0556. The summed E-state index contributed by atoms with van der Waals surface area (Å²) < 4.78 is 5.77. The summed E-state index contributed by atoms with van der Waals surface area (Å²) in [4.78, 5) is 4.32. The molecule has 0 aliphatic carbocycles. The zero-order valence-corrected chi connectivity index (χ0v) is 12.8. The van der Waals surface area contributed by atoms with Gasteiger partial charge in [0, 0.05) is 5.56 Å². The molecule has 0 aliphatic heterocycles. The highest BCUT2D eigenvalue weighted by atomic mass is 35.5. The SMILES string of the molecule is Cc1cc(Cl)nc(-c2ccc(Oc3ccccc3)cc2)c1N. The molecule has 1 aromatic heterocycles. The van der Waals surface area contributed by atoms with E-state index in [0.29, 0.717) is 16.5 Å². The Morgan fingerprint density at radius 3 is 2.27 bits per heavy atom. The fourth-order valence-electron chi connectivity index (χ4n) is 2.17. The third-order valence-corrected chi connectivity index (χ3v) is 3.53. The molecule has 0 amide bonds. The molecule has 22 heavy (non-hydrogen) atoms. The molecule has 3 aromatic rings. The Labute approximate surface area is 134 Å². The minimum Gasteiger partial charge on any atom is -0.457 e. The highest BCUT2D eigenvalue weighted by Gasteiger charge is 2.09. The molecule has 0 unspecified atom stereocenters. The van der Waals surface area contributed by atoms with E-state index in [0.717, 1.165) is 22.6 Å². The molecular formula is C18H15ClN2O. The number of ether oxygens (including phenoxy) is 1. The quantitative estimate of drug-likeness (QED) is 0.686. The van der Waals surface area contributed by atoms with E-state index in [1.165, 1.54) is 0 Å². The van der Waals surface area contributed by atoms with Gasteiger partial charge in [-0.1, -0.05) is 29.8 Å². The van der Waals surface area contributed by atoms with Crippen molar-refractivity contribution in [1.82, 2.24) is 4.98 Å². The molecule has 110 valence electrons. The molecular weight excluding hydrogens is 296 g/mol. The van der Waals surface area contributed by atoms with Crippen molar-refractivity contribution in [3.63, 3.8) is 0 Å². The molecule has 1 heterocycles. The maximum absolute atomic E-state index is 6.09. The Balaban J connectivity index is 1.89. The highest BCUT2D eigenvalue weighted by molar-refractivity contribution is 6.29. The molecule has 0 fully saturated rings. The first kappa shape index (κ1) is 14.4. The summed E-state index contributed by atoms with van der Waals surface area (Å²) in [7, 11) is 0. The van der Waals surface area contributed by atoms with Crippen molar-refractivity contribution in [2.45, 2.75) is 6.92 Å². The molecule has 0 bridgehead atoms. The number of nitrogens with zero attached hydrogens (tertiary/aromatic N) is 1. The summed E-state index contributed by atoms with van der Waals surface area (Å²) in [5.74, 6) is 1.55. The zero-order valence-electron chi connectivity index (χ0n) is 12.1. The maximum atomic E-state index is 6.09. The third-order valence-electron chi connectivity index (χ3n) is 3.34. The van der Waals surface area contributed by atoms with Crippen molar-refractivity contribution in [1.29, 1.82) is 0 Å². The summed E-state index contributed by atoms with van der Waals surface area (Å²) in [6.07, 6.45) is 0. The van der Waals surface area contributed by atoms with Crippen LogP contribution in [0.2, 0.25) is 5.15 Å². The van der Waals surface area contributed by atoms with Gasteiger partial charge >= 0.3 is 0 Å². The van der Waals surface area contributed by atoms with Gasteiger partial charge in [-0.2, -0.15) is 0 Å². The van der Waals surface area contributed by atoms with Crippen LogP contribution in [-0.2, 0) is 0 Å². The van der Waals surface area contributed by atoms with E-state index in [2.05, 4.69) is 4.98 Å². The summed E-state index contributed by atoms with van der Waals surface area (Å²) in [5, 5.41) is 0.436. The average molecular weight is 311 g/mol. The lowest BCUT2D eigenvalue weighted by molar-refractivity contribution is 0.483. The lowest BCUT2D eigenvalue weighted by Gasteiger charge is -2.10. The van der Waals surface area contributed by atoms with Crippen LogP contribution in [0, 0.1) is 6.92 Å². The van der Waals surface area contributed by atoms with Gasteiger partial charge in [0.25, 0.3) is 0 Å². The van der Waals surface area contributed by atoms with Gasteiger partial charge in [-0.15, -0.1) is 0 Å². The lowest BCUT2D eigenvalue weighted by Crippen LogP contribution is -1.97. The van der Waals surface area contributed by atoms with Crippen LogP contribution in [0.1, 0.15) is 5.56 Å². The van der Waals surface area contributed by atoms with Crippen molar-refractivity contribution >= 4 is 17.3 Å². The minimum atomic E-state index is 0.436. The number of rotatable bonds is 3. The van der Waals surface area contributed by atoms with E-state index in [9.17, 15) is 0 Å². The number of nitrogen functional groups attached to an aromatic ring is 1. The van der Waals surface area contributed by atoms with E-state index in [1.807, 2.05) is 61.5 Å². The Morgan fingerprint density at radius 1 is 0.955 bits per heavy atom. The van der Waals surface area contributed by atoms with Crippen LogP contribution < -0.4 is 10.5 Å². The second-order valence-electron chi connectivity index (χ2n) is 4.96. The molecule has 0 atom stereocenters. The van der Waals surface area contributed by atoms with Crippen LogP contribution in [0.5, 0.6) is 11.5 Å². The summed E-state index contributed by atoms with van der Waals surface area (Å²) >= 11 is 6.02. The maximum Gasteiger partial charge on any atom is 0.130 e. The number of aromatic nitrogens is 1. The number of hydrogen-bond donors (Lipinski definition) is 1. The smallest absolute Gasteiger partial charge is 0.130 e. The van der Waals surface area contributed by atoms with E-state index in [1.54, 1.807) is 6.07 Å². The normalized spacial score (nSPS) is 10.5. The monoisotopic (exact) mass is 310 g/mol. The highest BCUT2D eigenvalue weighted by Crippen LogP contribution is 2.30. The molecule has 3 nitrogen and oxygen atoms in total. The Hall–Kier alpha value is -2.52. The second-order valence-corrected chi connectivity index (χ2v) is 5.35. The van der Waals surface area contributed by atoms with Crippen molar-refractivity contribution in [2.75, 3.05) is 5.73 Å². The average Bonchev–Trinajstić information content (AvgIpc) is 2.53. The summed E-state index contributed by atoms with van der Waals surface area (Å²) in [5.41, 5.74) is 9.25. The van der Waals surface area contributed by atoms with Gasteiger partial charge < -0.3 is 10.5 Å². The van der Waals surface area contributed by atoms with Gasteiger partial charge in [0.2, 0.25) is 0 Å². The molecule has 0 saturated heterocycles. The van der Waals surface area contributed by atoms with Gasteiger partial charge in [-0.25, -0.2) is 4.98 Å². The predicted molar refractivity (Wildman–Crippen MR) is 90.3 cm³/mol. The van der Waals surface area contributed by atoms with Crippen molar-refractivity contribution in [2.24, 2.45) is 0 Å². The topological polar surface area (TPSA) is 48.1 Å². The summed E-state index contributed by atoms with van der Waals surface area (Å²) in [6.45, 7) is 1.92. The number of aryl methyl sites for hydroxylation is 1. The van der Waals surface area contributed by atoms with Gasteiger partial charge in [-0.3, -0.25) is 0 Å². The molecule has 2 aromatic carbocycles. The molecule has 4 heteroatoms. The first-order chi connectivity index (χ1) is 10.6. The van der Waals surface area contributed by atoms with Crippen molar-refractivity contribution < 1.29 is 4.74 Å². The van der Waals surface area contributed by atoms with E-state index >= 15 is 0 Å². The lowest BCUT2D eigenvalue weighted by atomic mass is 10.1. The minimum absolute atomic E-state index is 0.436. The van der Waals surface area contributed by atoms with Crippen LogP contribution in [0.4, 0.5) is 5.69 Å². The van der Waals surface area contributed by atoms with Crippen molar-refractivity contribution in [3.05, 3.63) is 71.4 Å². The first-order valence-electron chi connectivity index (χ1n) is 6.89.